The normalized spacial score (nSPS) is 26.2. The van der Waals surface area contributed by atoms with E-state index in [4.69, 9.17) is 4.74 Å². The summed E-state index contributed by atoms with van der Waals surface area (Å²) in [4.78, 5) is 2.44. The molecule has 0 aromatic carbocycles. The van der Waals surface area contributed by atoms with Crippen molar-refractivity contribution in [2.75, 3.05) is 26.8 Å². The van der Waals surface area contributed by atoms with Crippen molar-refractivity contribution < 1.29 is 9.84 Å². The lowest BCUT2D eigenvalue weighted by Crippen LogP contribution is -2.41. The van der Waals surface area contributed by atoms with Gasteiger partial charge in [-0.05, 0) is 25.8 Å². The summed E-state index contributed by atoms with van der Waals surface area (Å²) in [5.41, 5.74) is 0. The van der Waals surface area contributed by atoms with Crippen LogP contribution in [0.25, 0.3) is 0 Å². The fraction of sp³-hybridized carbons (Fsp3) is 1.00. The number of likely N-dealkylation sites (tertiary alicyclic amines) is 1. The number of β-amino-alcohol motifs (C(OH)–C–C–N with tert-alkyl or cyclic N) is 1. The largest absolute Gasteiger partial charge is 0.389 e. The van der Waals surface area contributed by atoms with E-state index in [9.17, 15) is 5.11 Å². The average molecular weight is 215 g/mol. The fourth-order valence-corrected chi connectivity index (χ4v) is 2.46. The third kappa shape index (κ3) is 4.49. The summed E-state index contributed by atoms with van der Waals surface area (Å²) in [6.45, 7) is 4.60. The van der Waals surface area contributed by atoms with Gasteiger partial charge in [0.25, 0.3) is 0 Å². The average Bonchev–Trinajstić information content (AvgIpc) is 2.43. The van der Waals surface area contributed by atoms with Crippen molar-refractivity contribution in [1.82, 2.24) is 4.90 Å². The van der Waals surface area contributed by atoms with E-state index in [2.05, 4.69) is 11.8 Å². The van der Waals surface area contributed by atoms with Crippen LogP contribution in [0.15, 0.2) is 0 Å². The summed E-state index contributed by atoms with van der Waals surface area (Å²) in [6.07, 6.45) is 6.11. The van der Waals surface area contributed by atoms with E-state index in [1.165, 1.54) is 32.1 Å². The van der Waals surface area contributed by atoms with E-state index >= 15 is 0 Å². The Bertz CT molecular complexity index is 164. The molecule has 1 aliphatic rings. The fourth-order valence-electron chi connectivity index (χ4n) is 2.46. The van der Waals surface area contributed by atoms with E-state index < -0.39 is 0 Å². The van der Waals surface area contributed by atoms with Crippen molar-refractivity contribution in [2.45, 2.75) is 51.2 Å². The number of hydrogen-bond donors (Lipinski definition) is 1. The molecule has 0 bridgehead atoms. The first kappa shape index (κ1) is 12.9. The van der Waals surface area contributed by atoms with Crippen LogP contribution in [0.1, 0.15) is 39.0 Å². The number of aliphatic hydroxyl groups is 1. The van der Waals surface area contributed by atoms with Crippen LogP contribution in [-0.2, 0) is 4.74 Å². The summed E-state index contributed by atoms with van der Waals surface area (Å²) in [6, 6.07) is 0.666. The third-order valence-corrected chi connectivity index (χ3v) is 3.27. The summed E-state index contributed by atoms with van der Waals surface area (Å²) in [7, 11) is 1.64. The second kappa shape index (κ2) is 7.20. The zero-order valence-corrected chi connectivity index (χ0v) is 10.1. The molecule has 0 aliphatic carbocycles. The molecule has 1 aliphatic heterocycles. The van der Waals surface area contributed by atoms with Crippen LogP contribution in [0.3, 0.4) is 0 Å². The van der Waals surface area contributed by atoms with Crippen molar-refractivity contribution in [2.24, 2.45) is 0 Å². The molecular weight excluding hydrogens is 190 g/mol. The van der Waals surface area contributed by atoms with E-state index in [0.29, 0.717) is 12.6 Å². The minimum absolute atomic E-state index is 0.331. The van der Waals surface area contributed by atoms with Crippen LogP contribution in [0.2, 0.25) is 0 Å². The zero-order chi connectivity index (χ0) is 11.1. The Hall–Kier alpha value is -0.120. The van der Waals surface area contributed by atoms with Gasteiger partial charge in [0.2, 0.25) is 0 Å². The Balaban J connectivity index is 2.40. The first-order valence-electron chi connectivity index (χ1n) is 6.19. The second-order valence-corrected chi connectivity index (χ2v) is 4.52. The van der Waals surface area contributed by atoms with E-state index in [0.717, 1.165) is 13.1 Å². The highest BCUT2D eigenvalue weighted by molar-refractivity contribution is 4.76. The SMILES string of the molecule is CCC1CCCCCN1CC(O)COC. The molecule has 0 radical (unpaired) electrons. The first-order chi connectivity index (χ1) is 7.27. The van der Waals surface area contributed by atoms with Gasteiger partial charge in [0.1, 0.15) is 0 Å². The summed E-state index contributed by atoms with van der Waals surface area (Å²) in [5.74, 6) is 0. The van der Waals surface area contributed by atoms with Crippen molar-refractivity contribution in [3.8, 4) is 0 Å². The van der Waals surface area contributed by atoms with Gasteiger partial charge in [0.05, 0.1) is 12.7 Å². The lowest BCUT2D eigenvalue weighted by molar-refractivity contribution is 0.0266. The smallest absolute Gasteiger partial charge is 0.0900 e. The maximum absolute atomic E-state index is 9.74. The zero-order valence-electron chi connectivity index (χ0n) is 10.1. The Morgan fingerprint density at radius 3 is 2.87 bits per heavy atom. The molecule has 0 aromatic rings. The predicted molar refractivity (Wildman–Crippen MR) is 62.0 cm³/mol. The van der Waals surface area contributed by atoms with Gasteiger partial charge in [-0.3, -0.25) is 4.90 Å². The number of ether oxygens (including phenoxy) is 1. The lowest BCUT2D eigenvalue weighted by atomic mass is 10.1. The second-order valence-electron chi connectivity index (χ2n) is 4.52. The van der Waals surface area contributed by atoms with Crippen LogP contribution >= 0.6 is 0 Å². The molecule has 2 atom stereocenters. The molecule has 1 N–H and O–H groups in total. The molecule has 3 nitrogen and oxygen atoms in total. The summed E-state index contributed by atoms with van der Waals surface area (Å²) >= 11 is 0. The van der Waals surface area contributed by atoms with Crippen LogP contribution in [0.4, 0.5) is 0 Å². The van der Waals surface area contributed by atoms with Gasteiger partial charge in [-0.15, -0.1) is 0 Å². The van der Waals surface area contributed by atoms with Crippen LogP contribution < -0.4 is 0 Å². The Morgan fingerprint density at radius 1 is 1.40 bits per heavy atom. The van der Waals surface area contributed by atoms with Crippen molar-refractivity contribution in [3.63, 3.8) is 0 Å². The number of methoxy groups -OCH3 is 1. The Kier molecular flexibility index (Phi) is 6.22. The molecule has 1 fully saturated rings. The van der Waals surface area contributed by atoms with Gasteiger partial charge in [-0.1, -0.05) is 19.8 Å². The van der Waals surface area contributed by atoms with E-state index in [1.807, 2.05) is 0 Å². The molecule has 2 unspecified atom stereocenters. The van der Waals surface area contributed by atoms with Crippen molar-refractivity contribution >= 4 is 0 Å². The molecular formula is C12H25NO2. The number of hydrogen-bond acceptors (Lipinski definition) is 3. The van der Waals surface area contributed by atoms with Gasteiger partial charge in [0, 0.05) is 19.7 Å². The highest BCUT2D eigenvalue weighted by Gasteiger charge is 2.21. The molecule has 0 aromatic heterocycles. The van der Waals surface area contributed by atoms with Gasteiger partial charge >= 0.3 is 0 Å². The van der Waals surface area contributed by atoms with Crippen LogP contribution in [0, 0.1) is 0 Å². The van der Waals surface area contributed by atoms with Crippen LogP contribution in [-0.4, -0.2) is 49.0 Å². The molecule has 1 rings (SSSR count). The molecule has 3 heteroatoms. The Labute approximate surface area is 93.4 Å². The molecule has 1 heterocycles. The Morgan fingerprint density at radius 2 is 2.20 bits per heavy atom. The van der Waals surface area contributed by atoms with Gasteiger partial charge < -0.3 is 9.84 Å². The van der Waals surface area contributed by atoms with Crippen molar-refractivity contribution in [3.05, 3.63) is 0 Å². The number of aliphatic hydroxyl groups excluding tert-OH is 1. The molecule has 0 saturated carbocycles. The first-order valence-corrected chi connectivity index (χ1v) is 6.19. The highest BCUT2D eigenvalue weighted by Crippen LogP contribution is 2.19. The molecule has 1 saturated heterocycles. The van der Waals surface area contributed by atoms with E-state index in [-0.39, 0.29) is 6.10 Å². The standard InChI is InChI=1S/C12H25NO2/c1-3-11-7-5-4-6-8-13(11)9-12(14)10-15-2/h11-12,14H,3-10H2,1-2H3. The monoisotopic (exact) mass is 215 g/mol. The van der Waals surface area contributed by atoms with Gasteiger partial charge in [-0.2, -0.15) is 0 Å². The van der Waals surface area contributed by atoms with Crippen LogP contribution in [0.5, 0.6) is 0 Å². The molecule has 90 valence electrons. The molecule has 15 heavy (non-hydrogen) atoms. The van der Waals surface area contributed by atoms with Crippen molar-refractivity contribution in [1.29, 1.82) is 0 Å². The minimum atomic E-state index is -0.331. The van der Waals surface area contributed by atoms with E-state index in [1.54, 1.807) is 7.11 Å². The molecule has 0 amide bonds. The predicted octanol–water partition coefficient (Wildman–Crippen LogP) is 1.65. The molecule has 0 spiro atoms. The highest BCUT2D eigenvalue weighted by atomic mass is 16.5. The number of rotatable bonds is 5. The topological polar surface area (TPSA) is 32.7 Å². The van der Waals surface area contributed by atoms with Gasteiger partial charge in [-0.25, -0.2) is 0 Å². The minimum Gasteiger partial charge on any atom is -0.389 e. The lowest BCUT2D eigenvalue weighted by Gasteiger charge is -2.30. The maximum Gasteiger partial charge on any atom is 0.0900 e. The third-order valence-electron chi connectivity index (χ3n) is 3.27. The van der Waals surface area contributed by atoms with Gasteiger partial charge in [0.15, 0.2) is 0 Å². The maximum atomic E-state index is 9.74. The number of nitrogens with zero attached hydrogens (tertiary/aromatic N) is 1. The quantitative estimate of drug-likeness (QED) is 0.757. The summed E-state index contributed by atoms with van der Waals surface area (Å²) in [5, 5.41) is 9.74. The summed E-state index contributed by atoms with van der Waals surface area (Å²) < 4.78 is 4.97.